The molecular weight excluding hydrogens is 454 g/mol. The number of hydrogen-bond donors (Lipinski definition) is 1. The fourth-order valence-corrected chi connectivity index (χ4v) is 4.03. The largest absolute Gasteiger partial charge is 0.496 e. The summed E-state index contributed by atoms with van der Waals surface area (Å²) in [5.41, 5.74) is 1.28. The van der Waals surface area contributed by atoms with E-state index in [0.29, 0.717) is 16.7 Å². The zero-order chi connectivity index (χ0) is 18.1. The second-order valence-electron chi connectivity index (χ2n) is 5.22. The average molecular weight is 467 g/mol. The second kappa shape index (κ2) is 6.97. The molecule has 0 spiro atoms. The van der Waals surface area contributed by atoms with Crippen LogP contribution in [0.5, 0.6) is 11.6 Å². The van der Waals surface area contributed by atoms with Gasteiger partial charge in [0, 0.05) is 21.4 Å². The topological polar surface area (TPSA) is 76.2 Å². The van der Waals surface area contributed by atoms with Crippen molar-refractivity contribution >= 4 is 54.4 Å². The van der Waals surface area contributed by atoms with Crippen molar-refractivity contribution in [1.29, 1.82) is 0 Å². The molecule has 0 aliphatic heterocycles. The number of amides is 1. The third-order valence-electron chi connectivity index (χ3n) is 3.73. The van der Waals surface area contributed by atoms with Gasteiger partial charge in [-0.3, -0.25) is 4.79 Å². The number of rotatable bonds is 3. The number of fused-ring (bicyclic) bond motifs is 1. The molecule has 0 fully saturated rings. The van der Waals surface area contributed by atoms with Gasteiger partial charge < -0.3 is 14.4 Å². The Labute approximate surface area is 160 Å². The number of azo groups is 1. The summed E-state index contributed by atoms with van der Waals surface area (Å²) in [6, 6.07) is 10.4. The Hall–Kier alpha value is -2.19. The predicted octanol–water partition coefficient (Wildman–Crippen LogP) is 5.34. The fourth-order valence-electron chi connectivity index (χ4n) is 2.54. The van der Waals surface area contributed by atoms with E-state index in [1.807, 2.05) is 12.1 Å². The highest BCUT2D eigenvalue weighted by Crippen LogP contribution is 2.42. The summed E-state index contributed by atoms with van der Waals surface area (Å²) in [4.78, 5) is 12.3. The molecule has 3 aromatic rings. The van der Waals surface area contributed by atoms with Crippen LogP contribution in [0.15, 0.2) is 55.6 Å². The van der Waals surface area contributed by atoms with Gasteiger partial charge in [-0.1, -0.05) is 28.1 Å². The molecular formula is C17H13Br2N3O3. The van der Waals surface area contributed by atoms with Crippen molar-refractivity contribution in [2.24, 2.45) is 17.3 Å². The van der Waals surface area contributed by atoms with Gasteiger partial charge in [0.15, 0.2) is 5.69 Å². The lowest BCUT2D eigenvalue weighted by molar-refractivity contribution is 0.0992. The zero-order valence-corrected chi connectivity index (χ0v) is 16.5. The van der Waals surface area contributed by atoms with E-state index in [2.05, 4.69) is 42.1 Å². The highest BCUT2D eigenvalue weighted by molar-refractivity contribution is 9.11. The first kappa shape index (κ1) is 17.6. The summed E-state index contributed by atoms with van der Waals surface area (Å²) >= 11 is 6.87. The number of carbonyl (C=O) groups excluding carboxylic acids is 1. The second-order valence-corrected chi connectivity index (χ2v) is 6.99. The monoisotopic (exact) mass is 465 g/mol. The summed E-state index contributed by atoms with van der Waals surface area (Å²) in [5, 5.41) is 18.8. The van der Waals surface area contributed by atoms with Crippen LogP contribution < -0.4 is 4.74 Å². The lowest BCUT2D eigenvalue weighted by atomic mass is 10.2. The van der Waals surface area contributed by atoms with Gasteiger partial charge in [0.25, 0.3) is 5.91 Å². The number of aromatic nitrogens is 1. The molecule has 8 heteroatoms. The summed E-state index contributed by atoms with van der Waals surface area (Å²) in [7, 11) is 3.19. The van der Waals surface area contributed by atoms with E-state index in [1.54, 1.807) is 35.9 Å². The molecule has 0 aliphatic carbocycles. The molecule has 0 saturated carbocycles. The molecule has 1 N–H and O–H groups in total. The summed E-state index contributed by atoms with van der Waals surface area (Å²) < 4.78 is 8.33. The van der Waals surface area contributed by atoms with Crippen molar-refractivity contribution in [3.8, 4) is 11.6 Å². The van der Waals surface area contributed by atoms with E-state index in [4.69, 9.17) is 4.74 Å². The van der Waals surface area contributed by atoms with Crippen molar-refractivity contribution in [2.75, 3.05) is 7.11 Å². The van der Waals surface area contributed by atoms with Crippen LogP contribution in [-0.2, 0) is 7.05 Å². The number of nitrogens with zero attached hydrogens (tertiary/aromatic N) is 3. The summed E-state index contributed by atoms with van der Waals surface area (Å²) in [6.45, 7) is 0. The quantitative estimate of drug-likeness (QED) is 0.529. The fraction of sp³-hybridized carbons (Fsp3) is 0.118. The summed E-state index contributed by atoms with van der Waals surface area (Å²) in [5.74, 6) is -0.215. The molecule has 0 bridgehead atoms. The predicted molar refractivity (Wildman–Crippen MR) is 102 cm³/mol. The van der Waals surface area contributed by atoms with Crippen molar-refractivity contribution in [1.82, 2.24) is 4.57 Å². The number of aryl methyl sites for hydroxylation is 1. The lowest BCUT2D eigenvalue weighted by Gasteiger charge is -2.03. The van der Waals surface area contributed by atoms with Crippen LogP contribution >= 0.6 is 31.9 Å². The van der Waals surface area contributed by atoms with E-state index in [1.165, 1.54) is 7.11 Å². The third-order valence-corrected chi connectivity index (χ3v) is 4.79. The third kappa shape index (κ3) is 3.19. The number of para-hydroxylation sites is 1. The Morgan fingerprint density at radius 2 is 1.96 bits per heavy atom. The van der Waals surface area contributed by atoms with E-state index >= 15 is 0 Å². The first-order valence-corrected chi connectivity index (χ1v) is 8.78. The first-order valence-electron chi connectivity index (χ1n) is 7.19. The van der Waals surface area contributed by atoms with E-state index in [-0.39, 0.29) is 11.6 Å². The van der Waals surface area contributed by atoms with Crippen molar-refractivity contribution < 1.29 is 14.6 Å². The molecule has 0 aliphatic rings. The SMILES string of the molecule is COc1ccccc1C(=O)N=Nc1c(O)n(C)c2c(Br)cc(Br)cc12. The van der Waals surface area contributed by atoms with Crippen molar-refractivity contribution in [3.63, 3.8) is 0 Å². The van der Waals surface area contributed by atoms with E-state index in [0.717, 1.165) is 14.5 Å². The van der Waals surface area contributed by atoms with Gasteiger partial charge in [0.2, 0.25) is 5.88 Å². The normalized spacial score (nSPS) is 11.4. The van der Waals surface area contributed by atoms with Crippen LogP contribution in [0, 0.1) is 0 Å². The van der Waals surface area contributed by atoms with Gasteiger partial charge in [0.1, 0.15) is 5.75 Å². The molecule has 0 radical (unpaired) electrons. The van der Waals surface area contributed by atoms with E-state index in [9.17, 15) is 9.90 Å². The summed E-state index contributed by atoms with van der Waals surface area (Å²) in [6.07, 6.45) is 0. The standard InChI is InChI=1S/C17H13Br2N3O3/c1-22-15-11(7-9(18)8-12(15)19)14(17(22)24)20-21-16(23)10-5-3-4-6-13(10)25-2/h3-8,24H,1-2H3. The number of halogens is 2. The molecule has 25 heavy (non-hydrogen) atoms. The maximum absolute atomic E-state index is 12.3. The van der Waals surface area contributed by atoms with E-state index < -0.39 is 5.91 Å². The van der Waals surface area contributed by atoms with Gasteiger partial charge in [-0.05, 0) is 40.2 Å². The van der Waals surface area contributed by atoms with Gasteiger partial charge in [-0.25, -0.2) is 0 Å². The average Bonchev–Trinajstić information content (AvgIpc) is 2.83. The Kier molecular flexibility index (Phi) is 4.91. The number of benzene rings is 2. The maximum Gasteiger partial charge on any atom is 0.299 e. The van der Waals surface area contributed by atoms with Crippen LogP contribution in [0.2, 0.25) is 0 Å². The number of ether oxygens (including phenoxy) is 1. The van der Waals surface area contributed by atoms with Crippen LogP contribution in [0.25, 0.3) is 10.9 Å². The number of methoxy groups -OCH3 is 1. The highest BCUT2D eigenvalue weighted by Gasteiger charge is 2.18. The molecule has 6 nitrogen and oxygen atoms in total. The van der Waals surface area contributed by atoms with Crippen LogP contribution in [0.4, 0.5) is 5.69 Å². The smallest absolute Gasteiger partial charge is 0.299 e. The minimum atomic E-state index is -0.553. The van der Waals surface area contributed by atoms with Crippen molar-refractivity contribution in [2.45, 2.75) is 0 Å². The van der Waals surface area contributed by atoms with Gasteiger partial charge >= 0.3 is 0 Å². The maximum atomic E-state index is 12.3. The Balaban J connectivity index is 2.07. The van der Waals surface area contributed by atoms with Crippen LogP contribution in [0.1, 0.15) is 10.4 Å². The molecule has 128 valence electrons. The molecule has 1 heterocycles. The zero-order valence-electron chi connectivity index (χ0n) is 13.3. The Morgan fingerprint density at radius 1 is 1.24 bits per heavy atom. The first-order chi connectivity index (χ1) is 11.9. The number of aromatic hydroxyl groups is 1. The molecule has 1 amide bonds. The Morgan fingerprint density at radius 3 is 2.68 bits per heavy atom. The van der Waals surface area contributed by atoms with Crippen molar-refractivity contribution in [3.05, 3.63) is 50.9 Å². The van der Waals surface area contributed by atoms with Crippen LogP contribution in [-0.4, -0.2) is 22.7 Å². The Bertz CT molecular complexity index is 1010. The van der Waals surface area contributed by atoms with Gasteiger partial charge in [-0.2, -0.15) is 0 Å². The number of hydrogen-bond acceptors (Lipinski definition) is 4. The molecule has 0 unspecified atom stereocenters. The molecule has 2 aromatic carbocycles. The highest BCUT2D eigenvalue weighted by atomic mass is 79.9. The molecule has 0 saturated heterocycles. The van der Waals surface area contributed by atoms with Gasteiger partial charge in [0.05, 0.1) is 18.2 Å². The molecule has 3 rings (SSSR count). The van der Waals surface area contributed by atoms with Gasteiger partial charge in [-0.15, -0.1) is 10.2 Å². The molecule has 0 atom stereocenters. The lowest BCUT2D eigenvalue weighted by Crippen LogP contribution is -1.97. The number of carbonyl (C=O) groups is 1. The van der Waals surface area contributed by atoms with Crippen LogP contribution in [0.3, 0.4) is 0 Å². The minimum absolute atomic E-state index is 0.0784. The molecule has 1 aromatic heterocycles. The minimum Gasteiger partial charge on any atom is -0.496 e.